The van der Waals surface area contributed by atoms with Crippen molar-refractivity contribution in [3.8, 4) is 0 Å². The van der Waals surface area contributed by atoms with Gasteiger partial charge in [0.1, 0.15) is 0 Å². The molecule has 2 rings (SSSR count). The van der Waals surface area contributed by atoms with Crippen LogP contribution in [0.1, 0.15) is 25.3 Å². The molecule has 0 radical (unpaired) electrons. The maximum Gasteiger partial charge on any atom is 0.243 e. The number of benzene rings is 1. The monoisotopic (exact) mass is 282 g/mol. The quantitative estimate of drug-likeness (QED) is 0.807. The van der Waals surface area contributed by atoms with E-state index in [0.29, 0.717) is 18.0 Å². The highest BCUT2D eigenvalue weighted by Gasteiger charge is 2.26. The van der Waals surface area contributed by atoms with Gasteiger partial charge in [0.05, 0.1) is 4.90 Å². The summed E-state index contributed by atoms with van der Waals surface area (Å²) in [6.45, 7) is 5.27. The Morgan fingerprint density at radius 1 is 1.16 bits per heavy atom. The number of nitrogens with zero attached hydrogens (tertiary/aromatic N) is 1. The van der Waals surface area contributed by atoms with Crippen molar-refractivity contribution in [3.05, 3.63) is 29.8 Å². The normalized spacial score (nSPS) is 16.9. The van der Waals surface area contributed by atoms with Crippen molar-refractivity contribution in [3.63, 3.8) is 0 Å². The molecule has 0 bridgehead atoms. The van der Waals surface area contributed by atoms with Crippen LogP contribution < -0.4 is 5.32 Å². The molecule has 5 heteroatoms. The maximum absolute atomic E-state index is 12.3. The Morgan fingerprint density at radius 3 is 2.37 bits per heavy atom. The number of hydrogen-bond donors (Lipinski definition) is 1. The molecular weight excluding hydrogens is 260 g/mol. The van der Waals surface area contributed by atoms with Gasteiger partial charge < -0.3 is 5.32 Å². The SMILES string of the molecule is CCNCCc1ccc(S(=O)(=O)N2CCCC2)cc1. The second-order valence-electron chi connectivity index (χ2n) is 4.86. The first kappa shape index (κ1) is 14.5. The molecule has 4 nitrogen and oxygen atoms in total. The first-order valence-corrected chi connectivity index (χ1v) is 8.38. The molecule has 106 valence electrons. The molecule has 1 N–H and O–H groups in total. The molecule has 0 saturated carbocycles. The third-order valence-corrected chi connectivity index (χ3v) is 5.38. The van der Waals surface area contributed by atoms with Crippen molar-refractivity contribution in [1.29, 1.82) is 0 Å². The molecule has 0 atom stereocenters. The third-order valence-electron chi connectivity index (χ3n) is 3.47. The largest absolute Gasteiger partial charge is 0.317 e. The van der Waals surface area contributed by atoms with E-state index in [1.165, 1.54) is 5.56 Å². The fourth-order valence-corrected chi connectivity index (χ4v) is 3.83. The summed E-state index contributed by atoms with van der Waals surface area (Å²) >= 11 is 0. The number of nitrogens with one attached hydrogen (secondary N) is 1. The first-order chi connectivity index (χ1) is 9.14. The summed E-state index contributed by atoms with van der Waals surface area (Å²) in [6.07, 6.45) is 2.87. The fraction of sp³-hybridized carbons (Fsp3) is 0.571. The molecule has 1 aromatic carbocycles. The van der Waals surface area contributed by atoms with Crippen LogP contribution in [0.5, 0.6) is 0 Å². The van der Waals surface area contributed by atoms with Crippen molar-refractivity contribution in [2.24, 2.45) is 0 Å². The van der Waals surface area contributed by atoms with Crippen molar-refractivity contribution in [1.82, 2.24) is 9.62 Å². The average Bonchev–Trinajstić information content (AvgIpc) is 2.94. The Hall–Kier alpha value is -0.910. The zero-order chi connectivity index (χ0) is 13.7. The minimum atomic E-state index is -3.26. The van der Waals surface area contributed by atoms with Gasteiger partial charge in [0.2, 0.25) is 10.0 Å². The van der Waals surface area contributed by atoms with Gasteiger partial charge in [-0.2, -0.15) is 4.31 Å². The lowest BCUT2D eigenvalue weighted by molar-refractivity contribution is 0.477. The van der Waals surface area contributed by atoms with E-state index in [2.05, 4.69) is 12.2 Å². The van der Waals surface area contributed by atoms with Gasteiger partial charge in [0.15, 0.2) is 0 Å². The van der Waals surface area contributed by atoms with Crippen LogP contribution in [0, 0.1) is 0 Å². The summed E-state index contributed by atoms with van der Waals surface area (Å²) in [5.41, 5.74) is 1.17. The van der Waals surface area contributed by atoms with Crippen LogP contribution in [0.3, 0.4) is 0 Å². The van der Waals surface area contributed by atoms with Gasteiger partial charge in [-0.25, -0.2) is 8.42 Å². The lowest BCUT2D eigenvalue weighted by Crippen LogP contribution is -2.27. The van der Waals surface area contributed by atoms with E-state index in [1.807, 2.05) is 12.1 Å². The van der Waals surface area contributed by atoms with Crippen molar-refractivity contribution in [2.75, 3.05) is 26.2 Å². The summed E-state index contributed by atoms with van der Waals surface area (Å²) in [5.74, 6) is 0. The van der Waals surface area contributed by atoms with Gasteiger partial charge >= 0.3 is 0 Å². The van der Waals surface area contributed by atoms with E-state index in [4.69, 9.17) is 0 Å². The maximum atomic E-state index is 12.3. The van der Waals surface area contributed by atoms with Gasteiger partial charge in [0, 0.05) is 13.1 Å². The number of rotatable bonds is 6. The van der Waals surface area contributed by atoms with Gasteiger partial charge in [-0.05, 0) is 50.0 Å². The van der Waals surface area contributed by atoms with E-state index in [1.54, 1.807) is 16.4 Å². The molecule has 1 aromatic rings. The topological polar surface area (TPSA) is 49.4 Å². The number of sulfonamides is 1. The summed E-state index contributed by atoms with van der Waals surface area (Å²) < 4.78 is 26.2. The zero-order valence-electron chi connectivity index (χ0n) is 11.4. The van der Waals surface area contributed by atoms with E-state index in [9.17, 15) is 8.42 Å². The second kappa shape index (κ2) is 6.50. The molecule has 0 aliphatic carbocycles. The highest BCUT2D eigenvalue weighted by Crippen LogP contribution is 2.21. The van der Waals surface area contributed by atoms with Crippen LogP contribution >= 0.6 is 0 Å². The summed E-state index contributed by atoms with van der Waals surface area (Å²) in [6, 6.07) is 7.30. The Kier molecular flexibility index (Phi) is 4.96. The van der Waals surface area contributed by atoms with Gasteiger partial charge in [-0.15, -0.1) is 0 Å². The van der Waals surface area contributed by atoms with Crippen molar-refractivity contribution < 1.29 is 8.42 Å². The zero-order valence-corrected chi connectivity index (χ0v) is 12.2. The predicted molar refractivity (Wildman–Crippen MR) is 76.7 cm³/mol. The van der Waals surface area contributed by atoms with Crippen LogP contribution in [0.15, 0.2) is 29.2 Å². The molecule has 1 heterocycles. The van der Waals surface area contributed by atoms with Gasteiger partial charge in [-0.3, -0.25) is 0 Å². The van der Waals surface area contributed by atoms with Crippen LogP contribution in [-0.2, 0) is 16.4 Å². The second-order valence-corrected chi connectivity index (χ2v) is 6.80. The molecule has 1 aliphatic heterocycles. The molecule has 1 saturated heterocycles. The number of hydrogen-bond acceptors (Lipinski definition) is 3. The van der Waals surface area contributed by atoms with Crippen molar-refractivity contribution >= 4 is 10.0 Å². The summed E-state index contributed by atoms with van der Waals surface area (Å²) in [7, 11) is -3.26. The fourth-order valence-electron chi connectivity index (χ4n) is 2.32. The highest BCUT2D eigenvalue weighted by molar-refractivity contribution is 7.89. The molecule has 19 heavy (non-hydrogen) atoms. The lowest BCUT2D eigenvalue weighted by atomic mass is 10.1. The average molecular weight is 282 g/mol. The minimum absolute atomic E-state index is 0.418. The number of likely N-dealkylation sites (N-methyl/N-ethyl adjacent to an activating group) is 1. The molecule has 0 unspecified atom stereocenters. The van der Waals surface area contributed by atoms with E-state index in [-0.39, 0.29) is 0 Å². The molecule has 1 fully saturated rings. The standard InChI is InChI=1S/C14H22N2O2S/c1-2-15-10-9-13-5-7-14(8-6-13)19(17,18)16-11-3-4-12-16/h5-8,15H,2-4,9-12H2,1H3. The minimum Gasteiger partial charge on any atom is -0.317 e. The Bertz CT molecular complexity index is 491. The van der Waals surface area contributed by atoms with E-state index in [0.717, 1.165) is 32.4 Å². The smallest absolute Gasteiger partial charge is 0.243 e. The Morgan fingerprint density at radius 2 is 1.79 bits per heavy atom. The lowest BCUT2D eigenvalue weighted by Gasteiger charge is -2.15. The van der Waals surface area contributed by atoms with Crippen molar-refractivity contribution in [2.45, 2.75) is 31.1 Å². The highest BCUT2D eigenvalue weighted by atomic mass is 32.2. The first-order valence-electron chi connectivity index (χ1n) is 6.94. The van der Waals surface area contributed by atoms with Crippen LogP contribution in [-0.4, -0.2) is 38.9 Å². The van der Waals surface area contributed by atoms with Crippen LogP contribution in [0.4, 0.5) is 0 Å². The Labute approximate surface area is 115 Å². The predicted octanol–water partition coefficient (Wildman–Crippen LogP) is 1.62. The van der Waals surface area contributed by atoms with E-state index < -0.39 is 10.0 Å². The molecule has 0 spiro atoms. The molecular formula is C14H22N2O2S. The summed E-state index contributed by atoms with van der Waals surface area (Å²) in [4.78, 5) is 0.418. The Balaban J connectivity index is 2.05. The van der Waals surface area contributed by atoms with Gasteiger partial charge in [-0.1, -0.05) is 19.1 Å². The van der Waals surface area contributed by atoms with Crippen LogP contribution in [0.2, 0.25) is 0 Å². The van der Waals surface area contributed by atoms with E-state index >= 15 is 0 Å². The molecule has 0 amide bonds. The van der Waals surface area contributed by atoms with Gasteiger partial charge in [0.25, 0.3) is 0 Å². The molecule has 1 aliphatic rings. The van der Waals surface area contributed by atoms with Crippen LogP contribution in [0.25, 0.3) is 0 Å². The molecule has 0 aromatic heterocycles. The third kappa shape index (κ3) is 3.55. The summed E-state index contributed by atoms with van der Waals surface area (Å²) in [5, 5.41) is 3.26.